The van der Waals surface area contributed by atoms with Crippen LogP contribution in [0.25, 0.3) is 0 Å². The van der Waals surface area contributed by atoms with Gasteiger partial charge >= 0.3 is 0 Å². The molecule has 3 heteroatoms. The summed E-state index contributed by atoms with van der Waals surface area (Å²) in [4.78, 5) is 0. The first-order valence-corrected chi connectivity index (χ1v) is 5.39. The maximum atomic E-state index is 6.14. The number of furan rings is 1. The summed E-state index contributed by atoms with van der Waals surface area (Å²) < 4.78 is 11.3. The van der Waals surface area contributed by atoms with E-state index in [1.807, 2.05) is 26.0 Å². The average Bonchev–Trinajstić information content (AvgIpc) is 2.52. The van der Waals surface area contributed by atoms with E-state index in [4.69, 9.17) is 20.8 Å². The Morgan fingerprint density at radius 2 is 2.29 bits per heavy atom. The van der Waals surface area contributed by atoms with Crippen molar-refractivity contribution < 1.29 is 9.15 Å². The van der Waals surface area contributed by atoms with E-state index in [2.05, 4.69) is 0 Å². The monoisotopic (exact) mass is 214 g/mol. The highest BCUT2D eigenvalue weighted by Crippen LogP contribution is 2.37. The molecule has 1 saturated heterocycles. The van der Waals surface area contributed by atoms with Gasteiger partial charge in [0.15, 0.2) is 0 Å². The summed E-state index contributed by atoms with van der Waals surface area (Å²) in [5.41, 5.74) is -0.334. The number of hydrogen-bond acceptors (Lipinski definition) is 2. The maximum absolute atomic E-state index is 6.14. The third-order valence-electron chi connectivity index (χ3n) is 2.72. The molecule has 2 unspecified atom stereocenters. The van der Waals surface area contributed by atoms with E-state index in [1.54, 1.807) is 0 Å². The highest BCUT2D eigenvalue weighted by Gasteiger charge is 2.36. The molecule has 78 valence electrons. The van der Waals surface area contributed by atoms with Crippen molar-refractivity contribution in [2.75, 3.05) is 6.61 Å². The number of alkyl halides is 1. The van der Waals surface area contributed by atoms with Crippen molar-refractivity contribution in [3.8, 4) is 0 Å². The first-order valence-electron chi connectivity index (χ1n) is 4.95. The Morgan fingerprint density at radius 3 is 2.86 bits per heavy atom. The molecule has 0 radical (unpaired) electrons. The van der Waals surface area contributed by atoms with Crippen molar-refractivity contribution >= 4 is 11.6 Å². The topological polar surface area (TPSA) is 22.4 Å². The lowest BCUT2D eigenvalue weighted by Crippen LogP contribution is -2.34. The lowest BCUT2D eigenvalue weighted by molar-refractivity contribution is -0.0818. The van der Waals surface area contributed by atoms with Crippen molar-refractivity contribution in [3.05, 3.63) is 23.7 Å². The van der Waals surface area contributed by atoms with E-state index in [0.717, 1.165) is 24.4 Å². The molecule has 1 aliphatic rings. The van der Waals surface area contributed by atoms with Crippen molar-refractivity contribution in [1.82, 2.24) is 0 Å². The van der Waals surface area contributed by atoms with Crippen molar-refractivity contribution in [3.63, 3.8) is 0 Å². The number of ether oxygens (including phenoxy) is 1. The molecular formula is C11H15ClO2. The number of rotatable bonds is 1. The van der Waals surface area contributed by atoms with Gasteiger partial charge in [0.05, 0.1) is 0 Å². The molecule has 2 nitrogen and oxygen atoms in total. The third-order valence-corrected chi connectivity index (χ3v) is 3.10. The second-order valence-corrected chi connectivity index (χ2v) is 4.70. The molecule has 1 aromatic rings. The third kappa shape index (κ3) is 1.82. The van der Waals surface area contributed by atoms with Crippen LogP contribution in [0.15, 0.2) is 16.5 Å². The lowest BCUT2D eigenvalue weighted by atomic mass is 9.93. The van der Waals surface area contributed by atoms with E-state index in [0.29, 0.717) is 6.61 Å². The van der Waals surface area contributed by atoms with Gasteiger partial charge < -0.3 is 9.15 Å². The largest absolute Gasteiger partial charge is 0.463 e. The summed E-state index contributed by atoms with van der Waals surface area (Å²) in [5.74, 6) is 1.81. The summed E-state index contributed by atoms with van der Waals surface area (Å²) in [6.45, 7) is 4.69. The summed E-state index contributed by atoms with van der Waals surface area (Å²) in [6.07, 6.45) is 1.75. The van der Waals surface area contributed by atoms with Crippen LogP contribution in [0.4, 0.5) is 0 Å². The fourth-order valence-electron chi connectivity index (χ4n) is 1.89. The van der Waals surface area contributed by atoms with Gasteiger partial charge in [-0.25, -0.2) is 0 Å². The molecule has 0 spiro atoms. The molecule has 0 bridgehead atoms. The number of hydrogen-bond donors (Lipinski definition) is 0. The van der Waals surface area contributed by atoms with E-state index in [9.17, 15) is 0 Å². The van der Waals surface area contributed by atoms with Crippen LogP contribution in [-0.4, -0.2) is 12.0 Å². The minimum Gasteiger partial charge on any atom is -0.463 e. The van der Waals surface area contributed by atoms with Gasteiger partial charge in [-0.05, 0) is 38.8 Å². The molecule has 2 atom stereocenters. The quantitative estimate of drug-likeness (QED) is 0.670. The molecule has 1 fully saturated rings. The van der Waals surface area contributed by atoms with Gasteiger partial charge in [-0.2, -0.15) is 0 Å². The normalized spacial score (nSPS) is 33.2. The SMILES string of the molecule is Cc1ccc(C2(C)CC(Cl)CCO2)o1. The lowest BCUT2D eigenvalue weighted by Gasteiger charge is -2.34. The summed E-state index contributed by atoms with van der Waals surface area (Å²) in [6, 6.07) is 3.94. The van der Waals surface area contributed by atoms with E-state index in [1.165, 1.54) is 0 Å². The summed E-state index contributed by atoms with van der Waals surface area (Å²) in [5, 5.41) is 0.194. The van der Waals surface area contributed by atoms with Crippen molar-refractivity contribution in [1.29, 1.82) is 0 Å². The fraction of sp³-hybridized carbons (Fsp3) is 0.636. The molecule has 1 aliphatic heterocycles. The highest BCUT2D eigenvalue weighted by molar-refractivity contribution is 6.20. The summed E-state index contributed by atoms with van der Waals surface area (Å²) in [7, 11) is 0. The molecular weight excluding hydrogens is 200 g/mol. The number of aryl methyl sites for hydroxylation is 1. The van der Waals surface area contributed by atoms with Crippen LogP contribution in [0, 0.1) is 6.92 Å². The minimum atomic E-state index is -0.334. The molecule has 0 N–H and O–H groups in total. The van der Waals surface area contributed by atoms with Gasteiger partial charge in [-0.3, -0.25) is 0 Å². The van der Waals surface area contributed by atoms with Crippen LogP contribution < -0.4 is 0 Å². The van der Waals surface area contributed by atoms with Gasteiger partial charge in [0.1, 0.15) is 17.1 Å². The Hall–Kier alpha value is -0.470. The van der Waals surface area contributed by atoms with Crippen LogP contribution in [0.2, 0.25) is 0 Å². The Bertz CT molecular complexity index is 321. The predicted octanol–water partition coefficient (Wildman–Crippen LogP) is 3.22. The van der Waals surface area contributed by atoms with Gasteiger partial charge in [0, 0.05) is 12.0 Å². The Morgan fingerprint density at radius 1 is 1.50 bits per heavy atom. The second-order valence-electron chi connectivity index (χ2n) is 4.08. The zero-order valence-electron chi connectivity index (χ0n) is 8.55. The number of halogens is 1. The second kappa shape index (κ2) is 3.59. The predicted molar refractivity (Wildman–Crippen MR) is 55.6 cm³/mol. The van der Waals surface area contributed by atoms with E-state index >= 15 is 0 Å². The van der Waals surface area contributed by atoms with Crippen molar-refractivity contribution in [2.24, 2.45) is 0 Å². The molecule has 0 aliphatic carbocycles. The van der Waals surface area contributed by atoms with Gasteiger partial charge in [-0.1, -0.05) is 0 Å². The van der Waals surface area contributed by atoms with E-state index < -0.39 is 0 Å². The summed E-state index contributed by atoms with van der Waals surface area (Å²) >= 11 is 6.14. The van der Waals surface area contributed by atoms with Gasteiger partial charge in [0.25, 0.3) is 0 Å². The molecule has 0 aromatic carbocycles. The first-order chi connectivity index (χ1) is 6.60. The molecule has 2 rings (SSSR count). The van der Waals surface area contributed by atoms with Gasteiger partial charge in [-0.15, -0.1) is 11.6 Å². The fourth-order valence-corrected chi connectivity index (χ4v) is 2.27. The Labute approximate surface area is 89.2 Å². The van der Waals surface area contributed by atoms with Gasteiger partial charge in [0.2, 0.25) is 0 Å². The smallest absolute Gasteiger partial charge is 0.135 e. The first kappa shape index (κ1) is 10.1. The van der Waals surface area contributed by atoms with Crippen LogP contribution in [0.1, 0.15) is 31.3 Å². The zero-order chi connectivity index (χ0) is 10.2. The molecule has 2 heterocycles. The standard InChI is InChI=1S/C11H15ClO2/c1-8-3-4-10(14-8)11(2)7-9(12)5-6-13-11/h3-4,9H,5-7H2,1-2H3. The zero-order valence-corrected chi connectivity index (χ0v) is 9.30. The average molecular weight is 215 g/mol. The van der Waals surface area contributed by atoms with E-state index in [-0.39, 0.29) is 11.0 Å². The molecule has 0 amide bonds. The highest BCUT2D eigenvalue weighted by atomic mass is 35.5. The van der Waals surface area contributed by atoms with Crippen LogP contribution in [-0.2, 0) is 10.3 Å². The van der Waals surface area contributed by atoms with Crippen LogP contribution in [0.5, 0.6) is 0 Å². The van der Waals surface area contributed by atoms with Crippen LogP contribution in [0.3, 0.4) is 0 Å². The Balaban J connectivity index is 2.22. The van der Waals surface area contributed by atoms with Crippen molar-refractivity contribution in [2.45, 2.75) is 37.7 Å². The Kier molecular flexibility index (Phi) is 2.58. The minimum absolute atomic E-state index is 0.194. The molecule has 1 aromatic heterocycles. The molecule has 0 saturated carbocycles. The van der Waals surface area contributed by atoms with Crippen LogP contribution >= 0.6 is 11.6 Å². The maximum Gasteiger partial charge on any atom is 0.135 e. The molecule has 14 heavy (non-hydrogen) atoms.